The van der Waals surface area contributed by atoms with Crippen LogP contribution in [0.15, 0.2) is 21.3 Å². The molecule has 0 spiro atoms. The average Bonchev–Trinajstić information content (AvgIpc) is 2.75. The minimum atomic E-state index is -0.348. The zero-order valence-electron chi connectivity index (χ0n) is 10.8. The number of aryl methyl sites for hydroxylation is 2. The standard InChI is InChI=1S/C15H13NO3/c1-8-5-13(17)19-15-9(2)14-12(6-11(8)15)10(3-4-16)7-18-14/h5-6,10H,3,7H2,1-2H3. The van der Waals surface area contributed by atoms with E-state index >= 15 is 0 Å². The fourth-order valence-electron chi connectivity index (χ4n) is 2.66. The molecular weight excluding hydrogens is 242 g/mol. The van der Waals surface area contributed by atoms with E-state index in [-0.39, 0.29) is 11.5 Å². The molecule has 0 fully saturated rings. The van der Waals surface area contributed by atoms with Gasteiger partial charge in [-0.05, 0) is 25.5 Å². The van der Waals surface area contributed by atoms with Crippen molar-refractivity contribution in [1.82, 2.24) is 0 Å². The van der Waals surface area contributed by atoms with Crippen molar-refractivity contribution in [1.29, 1.82) is 5.26 Å². The average molecular weight is 255 g/mol. The molecule has 2 heterocycles. The van der Waals surface area contributed by atoms with Crippen molar-refractivity contribution in [3.63, 3.8) is 0 Å². The first kappa shape index (κ1) is 11.8. The van der Waals surface area contributed by atoms with E-state index < -0.39 is 0 Å². The molecule has 4 heteroatoms. The molecule has 1 aromatic carbocycles. The second kappa shape index (κ2) is 4.13. The largest absolute Gasteiger partial charge is 0.492 e. The first-order valence-electron chi connectivity index (χ1n) is 6.19. The Labute approximate surface area is 110 Å². The summed E-state index contributed by atoms with van der Waals surface area (Å²) in [6, 6.07) is 5.67. The molecule has 0 saturated heterocycles. The van der Waals surface area contributed by atoms with Crippen LogP contribution in [0, 0.1) is 25.2 Å². The van der Waals surface area contributed by atoms with E-state index in [0.717, 1.165) is 27.8 Å². The lowest BCUT2D eigenvalue weighted by atomic mass is 9.94. The molecule has 0 N–H and O–H groups in total. The van der Waals surface area contributed by atoms with Gasteiger partial charge in [-0.25, -0.2) is 4.79 Å². The van der Waals surface area contributed by atoms with E-state index in [1.165, 1.54) is 6.07 Å². The molecule has 0 saturated carbocycles. The van der Waals surface area contributed by atoms with Gasteiger partial charge < -0.3 is 9.15 Å². The van der Waals surface area contributed by atoms with Gasteiger partial charge >= 0.3 is 5.63 Å². The smallest absolute Gasteiger partial charge is 0.336 e. The van der Waals surface area contributed by atoms with E-state index in [0.29, 0.717) is 18.6 Å². The molecule has 1 atom stereocenters. The van der Waals surface area contributed by atoms with Crippen LogP contribution in [0.2, 0.25) is 0 Å². The van der Waals surface area contributed by atoms with Crippen LogP contribution in [0.4, 0.5) is 0 Å². The van der Waals surface area contributed by atoms with Crippen LogP contribution in [0.5, 0.6) is 5.75 Å². The van der Waals surface area contributed by atoms with Gasteiger partial charge in [0.05, 0.1) is 12.7 Å². The van der Waals surface area contributed by atoms with Crippen molar-refractivity contribution in [3.05, 3.63) is 39.2 Å². The molecule has 0 amide bonds. The van der Waals surface area contributed by atoms with Gasteiger partial charge in [-0.1, -0.05) is 0 Å². The monoisotopic (exact) mass is 255 g/mol. The molecule has 19 heavy (non-hydrogen) atoms. The summed E-state index contributed by atoms with van der Waals surface area (Å²) in [5, 5.41) is 9.78. The Bertz CT molecular complexity index is 768. The van der Waals surface area contributed by atoms with Crippen LogP contribution >= 0.6 is 0 Å². The van der Waals surface area contributed by atoms with Crippen LogP contribution in [0.1, 0.15) is 29.0 Å². The number of nitriles is 1. The molecule has 4 nitrogen and oxygen atoms in total. The minimum Gasteiger partial charge on any atom is -0.492 e. The van der Waals surface area contributed by atoms with Gasteiger partial charge in [0.25, 0.3) is 0 Å². The third-order valence-corrected chi connectivity index (χ3v) is 3.66. The molecule has 1 unspecified atom stereocenters. The highest BCUT2D eigenvalue weighted by atomic mass is 16.5. The second-order valence-electron chi connectivity index (χ2n) is 4.92. The molecule has 1 aromatic heterocycles. The highest BCUT2D eigenvalue weighted by Gasteiger charge is 2.27. The van der Waals surface area contributed by atoms with E-state index in [1.807, 2.05) is 19.9 Å². The van der Waals surface area contributed by atoms with Crippen LogP contribution in [-0.4, -0.2) is 6.61 Å². The fraction of sp³-hybridized carbons (Fsp3) is 0.333. The quantitative estimate of drug-likeness (QED) is 0.735. The summed E-state index contributed by atoms with van der Waals surface area (Å²) < 4.78 is 11.0. The molecule has 0 aliphatic carbocycles. The van der Waals surface area contributed by atoms with Gasteiger partial charge in [0, 0.05) is 34.9 Å². The van der Waals surface area contributed by atoms with Crippen molar-refractivity contribution in [2.75, 3.05) is 6.61 Å². The Morgan fingerprint density at radius 3 is 2.95 bits per heavy atom. The van der Waals surface area contributed by atoms with Crippen molar-refractivity contribution in [2.45, 2.75) is 26.2 Å². The number of nitrogens with zero attached hydrogens (tertiary/aromatic N) is 1. The van der Waals surface area contributed by atoms with Gasteiger partial charge in [-0.15, -0.1) is 0 Å². The summed E-state index contributed by atoms with van der Waals surface area (Å²) in [4.78, 5) is 11.5. The summed E-state index contributed by atoms with van der Waals surface area (Å²) in [6.07, 6.45) is 0.438. The first-order valence-corrected chi connectivity index (χ1v) is 6.19. The maximum absolute atomic E-state index is 11.5. The summed E-state index contributed by atoms with van der Waals surface area (Å²) in [6.45, 7) is 4.29. The molecule has 3 rings (SSSR count). The summed E-state index contributed by atoms with van der Waals surface area (Å²) >= 11 is 0. The van der Waals surface area contributed by atoms with E-state index in [9.17, 15) is 4.79 Å². The SMILES string of the molecule is Cc1cc(=O)oc2c(C)c3c(cc12)C(CC#N)CO3. The number of benzene rings is 1. The molecule has 2 aromatic rings. The zero-order chi connectivity index (χ0) is 13.6. The van der Waals surface area contributed by atoms with Gasteiger partial charge in [-0.3, -0.25) is 0 Å². The zero-order valence-corrected chi connectivity index (χ0v) is 10.8. The third-order valence-electron chi connectivity index (χ3n) is 3.66. The lowest BCUT2D eigenvalue weighted by Gasteiger charge is -2.09. The maximum atomic E-state index is 11.5. The highest BCUT2D eigenvalue weighted by molar-refractivity contribution is 5.86. The Hall–Kier alpha value is -2.28. The van der Waals surface area contributed by atoms with Gasteiger partial charge in [0.1, 0.15) is 11.3 Å². The highest BCUT2D eigenvalue weighted by Crippen LogP contribution is 2.42. The first-order chi connectivity index (χ1) is 9.11. The maximum Gasteiger partial charge on any atom is 0.336 e. The summed E-state index contributed by atoms with van der Waals surface area (Å²) in [5.74, 6) is 0.871. The van der Waals surface area contributed by atoms with Crippen LogP contribution in [-0.2, 0) is 0 Å². The molecular formula is C15H13NO3. The molecule has 96 valence electrons. The lowest BCUT2D eigenvalue weighted by Crippen LogP contribution is -2.00. The normalized spacial score (nSPS) is 17.0. The third kappa shape index (κ3) is 1.70. The van der Waals surface area contributed by atoms with Crippen molar-refractivity contribution < 1.29 is 9.15 Å². The Balaban J connectivity index is 2.33. The van der Waals surface area contributed by atoms with Gasteiger partial charge in [-0.2, -0.15) is 5.26 Å². The molecule has 1 aliphatic heterocycles. The second-order valence-corrected chi connectivity index (χ2v) is 4.92. The predicted octanol–water partition coefficient (Wildman–Crippen LogP) is 2.80. The number of rotatable bonds is 1. The van der Waals surface area contributed by atoms with Gasteiger partial charge in [0.2, 0.25) is 0 Å². The summed E-state index contributed by atoms with van der Waals surface area (Å²) in [7, 11) is 0. The topological polar surface area (TPSA) is 63.2 Å². The van der Waals surface area contributed by atoms with Crippen molar-refractivity contribution in [2.24, 2.45) is 0 Å². The number of ether oxygens (including phenoxy) is 1. The van der Waals surface area contributed by atoms with Crippen LogP contribution < -0.4 is 10.4 Å². The number of hydrogen-bond acceptors (Lipinski definition) is 4. The van der Waals surface area contributed by atoms with Crippen LogP contribution in [0.3, 0.4) is 0 Å². The van der Waals surface area contributed by atoms with Crippen molar-refractivity contribution in [3.8, 4) is 11.8 Å². The minimum absolute atomic E-state index is 0.106. The predicted molar refractivity (Wildman–Crippen MR) is 70.4 cm³/mol. The van der Waals surface area contributed by atoms with E-state index in [2.05, 4.69) is 6.07 Å². The Morgan fingerprint density at radius 1 is 1.42 bits per heavy atom. The fourth-order valence-corrected chi connectivity index (χ4v) is 2.66. The summed E-state index contributed by atoms with van der Waals surface area (Å²) in [5.41, 5.74) is 3.01. The van der Waals surface area contributed by atoms with Crippen LogP contribution in [0.25, 0.3) is 11.0 Å². The van der Waals surface area contributed by atoms with E-state index in [1.54, 1.807) is 0 Å². The Kier molecular flexibility index (Phi) is 2.56. The molecule has 0 radical (unpaired) electrons. The lowest BCUT2D eigenvalue weighted by molar-refractivity contribution is 0.330. The number of fused-ring (bicyclic) bond motifs is 2. The van der Waals surface area contributed by atoms with E-state index in [4.69, 9.17) is 14.4 Å². The molecule has 0 bridgehead atoms. The van der Waals surface area contributed by atoms with Crippen molar-refractivity contribution >= 4 is 11.0 Å². The number of hydrogen-bond donors (Lipinski definition) is 0. The van der Waals surface area contributed by atoms with Gasteiger partial charge in [0.15, 0.2) is 0 Å². The Morgan fingerprint density at radius 2 is 2.21 bits per heavy atom. The molecule has 1 aliphatic rings.